The number of nitrogens with one attached hydrogen (secondary N) is 2. The number of benzene rings is 2. The van der Waals surface area contributed by atoms with Gasteiger partial charge in [0.1, 0.15) is 0 Å². The van der Waals surface area contributed by atoms with Crippen LogP contribution < -0.4 is 10.6 Å². The Morgan fingerprint density at radius 2 is 1.71 bits per heavy atom. The maximum absolute atomic E-state index is 12.9. The summed E-state index contributed by atoms with van der Waals surface area (Å²) in [6, 6.07) is 13.2. The van der Waals surface area contributed by atoms with E-state index in [0.717, 1.165) is 30.3 Å². The van der Waals surface area contributed by atoms with Crippen LogP contribution in [0.1, 0.15) is 67.6 Å². The van der Waals surface area contributed by atoms with E-state index in [9.17, 15) is 14.4 Å². The minimum Gasteiger partial charge on any atom is -0.322 e. The molecule has 2 aromatic carbocycles. The number of hydrogen-bond donors (Lipinski definition) is 2. The van der Waals surface area contributed by atoms with Crippen LogP contribution in [-0.4, -0.2) is 17.1 Å². The molecule has 1 aliphatic heterocycles. The normalized spacial score (nSPS) is 20.3. The van der Waals surface area contributed by atoms with E-state index in [1.807, 2.05) is 6.07 Å². The Morgan fingerprint density at radius 3 is 2.39 bits per heavy atom. The largest absolute Gasteiger partial charge is 0.322 e. The maximum Gasteiger partial charge on any atom is 0.290 e. The van der Waals surface area contributed by atoms with Gasteiger partial charge < -0.3 is 5.32 Å². The summed E-state index contributed by atoms with van der Waals surface area (Å²) in [5.74, 6) is -0.628. The molecule has 1 heterocycles. The molecule has 1 saturated heterocycles. The van der Waals surface area contributed by atoms with Gasteiger partial charge in [0.2, 0.25) is 0 Å². The predicted octanol–water partition coefficient (Wildman–Crippen LogP) is 5.61. The SMILES string of the molecule is CC1(C)CCC(C)(C)c2cc(NC(=O)c3cccc(/C=C4\SC(=O)NC4=O)c3)ccc21. The second kappa shape index (κ2) is 7.68. The smallest absolute Gasteiger partial charge is 0.290 e. The van der Waals surface area contributed by atoms with Gasteiger partial charge in [-0.15, -0.1) is 0 Å². The van der Waals surface area contributed by atoms with Crippen molar-refractivity contribution in [3.63, 3.8) is 0 Å². The van der Waals surface area contributed by atoms with Crippen LogP contribution in [0.5, 0.6) is 0 Å². The lowest BCUT2D eigenvalue weighted by Gasteiger charge is -2.42. The molecule has 2 N–H and O–H groups in total. The van der Waals surface area contributed by atoms with Gasteiger partial charge >= 0.3 is 0 Å². The van der Waals surface area contributed by atoms with E-state index in [4.69, 9.17) is 0 Å². The Balaban J connectivity index is 1.58. The highest BCUT2D eigenvalue weighted by Crippen LogP contribution is 2.46. The third-order valence-electron chi connectivity index (χ3n) is 6.20. The molecule has 1 aliphatic carbocycles. The standard InChI is InChI=1S/C25H26N2O3S/c1-24(2)10-11-25(3,4)19-14-17(8-9-18(19)24)26-21(28)16-7-5-6-15(12-16)13-20-22(29)27-23(30)31-20/h5-9,12-14H,10-11H2,1-4H3,(H,26,28)(H,27,29,30)/b20-13-. The van der Waals surface area contributed by atoms with Gasteiger partial charge in [-0.1, -0.05) is 45.9 Å². The highest BCUT2D eigenvalue weighted by Gasteiger charge is 2.37. The summed E-state index contributed by atoms with van der Waals surface area (Å²) in [6.45, 7) is 9.06. The highest BCUT2D eigenvalue weighted by molar-refractivity contribution is 8.18. The van der Waals surface area contributed by atoms with Crippen LogP contribution in [0.4, 0.5) is 10.5 Å². The molecule has 3 amide bonds. The van der Waals surface area contributed by atoms with Gasteiger partial charge in [0.05, 0.1) is 4.91 Å². The molecule has 160 valence electrons. The second-order valence-corrected chi connectivity index (χ2v) is 10.5. The molecule has 31 heavy (non-hydrogen) atoms. The lowest BCUT2D eigenvalue weighted by atomic mass is 9.63. The summed E-state index contributed by atoms with van der Waals surface area (Å²) in [5.41, 5.74) is 4.77. The number of amides is 3. The van der Waals surface area contributed by atoms with E-state index in [-0.39, 0.29) is 22.0 Å². The van der Waals surface area contributed by atoms with Crippen molar-refractivity contribution in [3.8, 4) is 0 Å². The Morgan fingerprint density at radius 1 is 1.00 bits per heavy atom. The number of anilines is 1. The molecular weight excluding hydrogens is 408 g/mol. The number of rotatable bonds is 3. The molecule has 1 fully saturated rings. The molecule has 4 rings (SSSR count). The van der Waals surface area contributed by atoms with Gasteiger partial charge in [0, 0.05) is 11.3 Å². The third kappa shape index (κ3) is 4.30. The number of hydrogen-bond acceptors (Lipinski definition) is 4. The first-order valence-corrected chi connectivity index (χ1v) is 11.2. The average Bonchev–Trinajstić information content (AvgIpc) is 3.02. The highest BCUT2D eigenvalue weighted by atomic mass is 32.2. The summed E-state index contributed by atoms with van der Waals surface area (Å²) < 4.78 is 0. The van der Waals surface area contributed by atoms with E-state index < -0.39 is 5.91 Å². The van der Waals surface area contributed by atoms with Gasteiger partial charge in [-0.2, -0.15) is 0 Å². The van der Waals surface area contributed by atoms with Gasteiger partial charge in [-0.05, 0) is 82.5 Å². The topological polar surface area (TPSA) is 75.3 Å². The minimum atomic E-state index is -0.413. The van der Waals surface area contributed by atoms with E-state index in [0.29, 0.717) is 16.0 Å². The minimum absolute atomic E-state index is 0.0641. The van der Waals surface area contributed by atoms with Crippen molar-refractivity contribution in [2.24, 2.45) is 0 Å². The molecule has 0 unspecified atom stereocenters. The fraction of sp³-hybridized carbons (Fsp3) is 0.320. The van der Waals surface area contributed by atoms with Crippen molar-refractivity contribution in [2.45, 2.75) is 51.4 Å². The zero-order chi connectivity index (χ0) is 22.4. The summed E-state index contributed by atoms with van der Waals surface area (Å²) in [6.07, 6.45) is 3.86. The quantitative estimate of drug-likeness (QED) is 0.616. The second-order valence-electron chi connectivity index (χ2n) is 9.46. The monoisotopic (exact) mass is 434 g/mol. The molecule has 5 nitrogen and oxygen atoms in total. The van der Waals surface area contributed by atoms with Crippen LogP contribution in [0.2, 0.25) is 0 Å². The Bertz CT molecular complexity index is 1130. The Kier molecular flexibility index (Phi) is 5.30. The van der Waals surface area contributed by atoms with Gasteiger partial charge in [-0.3, -0.25) is 19.7 Å². The number of carbonyl (C=O) groups is 3. The zero-order valence-corrected chi connectivity index (χ0v) is 19.0. The number of carbonyl (C=O) groups excluding carboxylic acids is 3. The third-order valence-corrected chi connectivity index (χ3v) is 7.01. The van der Waals surface area contributed by atoms with Crippen molar-refractivity contribution >= 4 is 40.6 Å². The number of imide groups is 1. The van der Waals surface area contributed by atoms with Crippen LogP contribution in [0.15, 0.2) is 47.4 Å². The molecule has 0 atom stereocenters. The summed E-state index contributed by atoms with van der Waals surface area (Å²) in [4.78, 5) is 36.3. The van der Waals surface area contributed by atoms with Crippen molar-refractivity contribution in [3.05, 3.63) is 69.6 Å². The van der Waals surface area contributed by atoms with Crippen LogP contribution in [0, 0.1) is 0 Å². The van der Waals surface area contributed by atoms with Gasteiger partial charge in [0.25, 0.3) is 17.1 Å². The van der Waals surface area contributed by atoms with Crippen LogP contribution >= 0.6 is 11.8 Å². The fourth-order valence-corrected chi connectivity index (χ4v) is 4.89. The van der Waals surface area contributed by atoms with E-state index >= 15 is 0 Å². The zero-order valence-electron chi connectivity index (χ0n) is 18.2. The van der Waals surface area contributed by atoms with Crippen molar-refractivity contribution in [1.29, 1.82) is 0 Å². The summed E-state index contributed by atoms with van der Waals surface area (Å²) in [7, 11) is 0. The van der Waals surface area contributed by atoms with E-state index in [1.165, 1.54) is 11.1 Å². The molecule has 0 saturated carbocycles. The molecule has 0 radical (unpaired) electrons. The number of thioether (sulfide) groups is 1. The Labute approximate surface area is 186 Å². The fourth-order valence-electron chi connectivity index (χ4n) is 4.21. The summed E-state index contributed by atoms with van der Waals surface area (Å²) >= 11 is 0.859. The lowest BCUT2D eigenvalue weighted by Crippen LogP contribution is -2.33. The predicted molar refractivity (Wildman–Crippen MR) is 125 cm³/mol. The Hall–Kier alpha value is -2.86. The lowest BCUT2D eigenvalue weighted by molar-refractivity contribution is -0.115. The van der Waals surface area contributed by atoms with E-state index in [2.05, 4.69) is 50.5 Å². The van der Waals surface area contributed by atoms with Crippen LogP contribution in [0.3, 0.4) is 0 Å². The van der Waals surface area contributed by atoms with Crippen molar-refractivity contribution < 1.29 is 14.4 Å². The molecule has 0 bridgehead atoms. The first kappa shape index (κ1) is 21.4. The molecule has 2 aliphatic rings. The number of fused-ring (bicyclic) bond motifs is 1. The van der Waals surface area contributed by atoms with Crippen molar-refractivity contribution in [1.82, 2.24) is 5.32 Å². The van der Waals surface area contributed by atoms with Crippen molar-refractivity contribution in [2.75, 3.05) is 5.32 Å². The molecular formula is C25H26N2O3S. The maximum atomic E-state index is 12.9. The first-order chi connectivity index (χ1) is 14.5. The molecule has 0 spiro atoms. The van der Waals surface area contributed by atoms with Crippen LogP contribution in [0.25, 0.3) is 6.08 Å². The molecule has 6 heteroatoms. The summed E-state index contributed by atoms with van der Waals surface area (Å²) in [5, 5.41) is 4.86. The van der Waals surface area contributed by atoms with Crippen LogP contribution in [-0.2, 0) is 15.6 Å². The van der Waals surface area contributed by atoms with E-state index in [1.54, 1.807) is 30.3 Å². The molecule has 0 aromatic heterocycles. The van der Waals surface area contributed by atoms with Gasteiger partial charge in [-0.25, -0.2) is 0 Å². The molecule has 2 aromatic rings. The average molecular weight is 435 g/mol. The first-order valence-electron chi connectivity index (χ1n) is 10.4. The van der Waals surface area contributed by atoms with Gasteiger partial charge in [0.15, 0.2) is 0 Å².